The monoisotopic (exact) mass is 319 g/mol. The number of rotatable bonds is 5. The molecule has 1 aliphatic heterocycles. The second kappa shape index (κ2) is 6.36. The summed E-state index contributed by atoms with van der Waals surface area (Å²) in [5.41, 5.74) is 1.29. The Bertz CT molecular complexity index is 640. The third-order valence-electron chi connectivity index (χ3n) is 3.81. The van der Waals surface area contributed by atoms with Gasteiger partial charge in [-0.1, -0.05) is 17.3 Å². The molecule has 2 aliphatic rings. The van der Waals surface area contributed by atoms with Gasteiger partial charge in [0.2, 0.25) is 12.0 Å². The van der Waals surface area contributed by atoms with E-state index in [4.69, 9.17) is 4.84 Å². The van der Waals surface area contributed by atoms with Gasteiger partial charge >= 0.3 is 0 Å². The highest BCUT2D eigenvalue weighted by molar-refractivity contribution is 6.04. The summed E-state index contributed by atoms with van der Waals surface area (Å²) >= 11 is 0. The largest absolute Gasteiger partial charge is 0.382 e. The van der Waals surface area contributed by atoms with Crippen LogP contribution in [0.1, 0.15) is 31.7 Å². The first kappa shape index (κ1) is 15.5. The lowest BCUT2D eigenvalue weighted by Crippen LogP contribution is -2.48. The number of halogens is 1. The highest BCUT2D eigenvalue weighted by atomic mass is 19.1. The lowest BCUT2D eigenvalue weighted by molar-refractivity contribution is -0.135. The summed E-state index contributed by atoms with van der Waals surface area (Å²) in [4.78, 5) is 29.1. The Morgan fingerprint density at radius 2 is 2.00 bits per heavy atom. The maximum Gasteiger partial charge on any atom is 0.264 e. The van der Waals surface area contributed by atoms with Crippen LogP contribution in [0.2, 0.25) is 0 Å². The highest BCUT2D eigenvalue weighted by Gasteiger charge is 2.32. The maximum absolute atomic E-state index is 12.9. The number of carbonyl (C=O) groups excluding carboxylic acids is 2. The molecule has 0 spiro atoms. The van der Waals surface area contributed by atoms with Gasteiger partial charge in [-0.05, 0) is 37.5 Å². The van der Waals surface area contributed by atoms with Crippen molar-refractivity contribution in [1.82, 2.24) is 10.6 Å². The summed E-state index contributed by atoms with van der Waals surface area (Å²) < 4.78 is 12.9. The van der Waals surface area contributed by atoms with E-state index in [0.29, 0.717) is 11.3 Å². The zero-order chi connectivity index (χ0) is 16.4. The summed E-state index contributed by atoms with van der Waals surface area (Å²) in [6.07, 6.45) is 1.50. The highest BCUT2D eigenvalue weighted by Crippen LogP contribution is 2.19. The molecule has 2 amide bonds. The Balaban J connectivity index is 1.51. The molecule has 0 unspecified atom stereocenters. The predicted octanol–water partition coefficient (Wildman–Crippen LogP) is 1.10. The molecule has 1 aliphatic carbocycles. The van der Waals surface area contributed by atoms with E-state index in [2.05, 4.69) is 15.8 Å². The van der Waals surface area contributed by atoms with Gasteiger partial charge in [0.1, 0.15) is 11.9 Å². The minimum absolute atomic E-state index is 0.196. The predicted molar refractivity (Wildman–Crippen MR) is 81.2 cm³/mol. The summed E-state index contributed by atoms with van der Waals surface area (Å²) in [7, 11) is 0. The molecule has 3 rings (SSSR count). The average molecular weight is 319 g/mol. The lowest BCUT2D eigenvalue weighted by Gasteiger charge is -2.15. The number of nitrogens with zero attached hydrogens (tertiary/aromatic N) is 1. The van der Waals surface area contributed by atoms with Gasteiger partial charge < -0.3 is 15.5 Å². The molecule has 7 heteroatoms. The first-order valence-electron chi connectivity index (χ1n) is 7.62. The first-order chi connectivity index (χ1) is 11.0. The molecule has 6 nitrogen and oxygen atoms in total. The molecule has 2 atom stereocenters. The van der Waals surface area contributed by atoms with Crippen LogP contribution in [0, 0.1) is 5.82 Å². The summed E-state index contributed by atoms with van der Waals surface area (Å²) in [6, 6.07) is 5.46. The fraction of sp³-hybridized carbons (Fsp3) is 0.438. The van der Waals surface area contributed by atoms with E-state index < -0.39 is 12.1 Å². The molecule has 1 heterocycles. The summed E-state index contributed by atoms with van der Waals surface area (Å²) in [5, 5.41) is 9.34. The van der Waals surface area contributed by atoms with Crippen molar-refractivity contribution in [1.29, 1.82) is 0 Å². The van der Waals surface area contributed by atoms with E-state index in [9.17, 15) is 14.0 Å². The van der Waals surface area contributed by atoms with E-state index in [0.717, 1.165) is 12.8 Å². The third-order valence-corrected chi connectivity index (χ3v) is 3.81. The Morgan fingerprint density at radius 1 is 1.30 bits per heavy atom. The minimum atomic E-state index is -0.772. The van der Waals surface area contributed by atoms with Crippen molar-refractivity contribution in [3.63, 3.8) is 0 Å². The molecule has 0 bridgehead atoms. The van der Waals surface area contributed by atoms with Crippen molar-refractivity contribution in [2.24, 2.45) is 5.16 Å². The van der Waals surface area contributed by atoms with E-state index in [1.807, 2.05) is 0 Å². The Hall–Kier alpha value is -2.44. The van der Waals surface area contributed by atoms with Gasteiger partial charge in [0.15, 0.2) is 0 Å². The van der Waals surface area contributed by atoms with Gasteiger partial charge in [-0.3, -0.25) is 9.59 Å². The van der Waals surface area contributed by atoms with E-state index in [1.165, 1.54) is 12.1 Å². The third kappa shape index (κ3) is 3.85. The fourth-order valence-electron chi connectivity index (χ4n) is 2.26. The van der Waals surface area contributed by atoms with E-state index in [1.54, 1.807) is 19.1 Å². The summed E-state index contributed by atoms with van der Waals surface area (Å²) in [6.45, 7) is 1.63. The number of hydrogen-bond donors (Lipinski definition) is 2. The van der Waals surface area contributed by atoms with Crippen molar-refractivity contribution in [3.8, 4) is 0 Å². The second-order valence-electron chi connectivity index (χ2n) is 5.86. The van der Waals surface area contributed by atoms with Crippen LogP contribution < -0.4 is 10.6 Å². The van der Waals surface area contributed by atoms with Gasteiger partial charge in [-0.15, -0.1) is 0 Å². The zero-order valence-corrected chi connectivity index (χ0v) is 12.7. The zero-order valence-electron chi connectivity index (χ0n) is 12.7. The van der Waals surface area contributed by atoms with Gasteiger partial charge in [0.05, 0.1) is 5.71 Å². The molecule has 1 aromatic rings. The lowest BCUT2D eigenvalue weighted by atomic mass is 10.0. The van der Waals surface area contributed by atoms with Crippen LogP contribution in [0.4, 0.5) is 4.39 Å². The topological polar surface area (TPSA) is 79.8 Å². The quantitative estimate of drug-likeness (QED) is 0.853. The van der Waals surface area contributed by atoms with Crippen LogP contribution in [0.25, 0.3) is 0 Å². The number of benzene rings is 1. The molecule has 23 heavy (non-hydrogen) atoms. The normalized spacial score (nSPS) is 21.1. The molecule has 0 radical (unpaired) electrons. The number of nitrogens with one attached hydrogen (secondary N) is 2. The molecule has 2 N–H and O–H groups in total. The Kier molecular flexibility index (Phi) is 4.27. The number of hydrogen-bond acceptors (Lipinski definition) is 4. The molecule has 1 aromatic carbocycles. The van der Waals surface area contributed by atoms with Crippen LogP contribution in [0.15, 0.2) is 29.4 Å². The van der Waals surface area contributed by atoms with Crippen LogP contribution in [-0.4, -0.2) is 35.7 Å². The van der Waals surface area contributed by atoms with Crippen molar-refractivity contribution >= 4 is 17.5 Å². The number of amides is 2. The van der Waals surface area contributed by atoms with Crippen molar-refractivity contribution in [2.75, 3.05) is 0 Å². The number of oxime groups is 1. The van der Waals surface area contributed by atoms with Crippen LogP contribution in [0.5, 0.6) is 0 Å². The maximum atomic E-state index is 12.9. The number of carbonyl (C=O) groups is 2. The van der Waals surface area contributed by atoms with Crippen LogP contribution in [0.3, 0.4) is 0 Å². The Morgan fingerprint density at radius 3 is 2.65 bits per heavy atom. The Labute approximate surface area is 133 Å². The van der Waals surface area contributed by atoms with Crippen LogP contribution in [-0.2, 0) is 14.4 Å². The smallest absolute Gasteiger partial charge is 0.264 e. The average Bonchev–Trinajstić information content (AvgIpc) is 3.20. The second-order valence-corrected chi connectivity index (χ2v) is 5.86. The van der Waals surface area contributed by atoms with Gasteiger partial charge in [0, 0.05) is 12.5 Å². The van der Waals surface area contributed by atoms with Gasteiger partial charge in [-0.2, -0.15) is 0 Å². The SMILES string of the molecule is C[C@@H](NC(=O)[C@@H]1CC(c2ccc(F)cc2)=NO1)C(=O)NC1CC1. The molecule has 0 saturated heterocycles. The minimum Gasteiger partial charge on any atom is -0.382 e. The standard InChI is InChI=1S/C16H18FN3O3/c1-9(15(21)19-12-6-7-12)18-16(22)14-8-13(20-23-14)10-2-4-11(17)5-3-10/h2-5,9,12,14H,6-8H2,1H3,(H,18,22)(H,19,21)/t9-,14+/m1/s1. The van der Waals surface area contributed by atoms with Crippen LogP contribution >= 0.6 is 0 Å². The molecular weight excluding hydrogens is 301 g/mol. The molecule has 1 saturated carbocycles. The van der Waals surface area contributed by atoms with Gasteiger partial charge in [-0.25, -0.2) is 4.39 Å². The van der Waals surface area contributed by atoms with E-state index >= 15 is 0 Å². The molecule has 1 fully saturated rings. The van der Waals surface area contributed by atoms with Crippen molar-refractivity contribution in [3.05, 3.63) is 35.6 Å². The molecule has 122 valence electrons. The fourth-order valence-corrected chi connectivity index (χ4v) is 2.26. The van der Waals surface area contributed by atoms with Gasteiger partial charge in [0.25, 0.3) is 5.91 Å². The van der Waals surface area contributed by atoms with Crippen molar-refractivity contribution in [2.45, 2.75) is 44.4 Å². The summed E-state index contributed by atoms with van der Waals surface area (Å²) in [5.74, 6) is -0.916. The molecular formula is C16H18FN3O3. The molecule has 0 aromatic heterocycles. The van der Waals surface area contributed by atoms with Crippen molar-refractivity contribution < 1.29 is 18.8 Å². The first-order valence-corrected chi connectivity index (χ1v) is 7.62. The van der Waals surface area contributed by atoms with E-state index in [-0.39, 0.29) is 30.1 Å².